The van der Waals surface area contributed by atoms with E-state index in [4.69, 9.17) is 17.3 Å². The third-order valence-electron chi connectivity index (χ3n) is 4.46. The van der Waals surface area contributed by atoms with Crippen LogP contribution in [-0.4, -0.2) is 6.04 Å². The van der Waals surface area contributed by atoms with Crippen LogP contribution in [0.3, 0.4) is 0 Å². The van der Waals surface area contributed by atoms with Crippen molar-refractivity contribution in [1.29, 1.82) is 0 Å². The highest BCUT2D eigenvalue weighted by molar-refractivity contribution is 6.31. The number of benzene rings is 1. The van der Waals surface area contributed by atoms with Gasteiger partial charge in [-0.25, -0.2) is 4.39 Å². The molecule has 0 amide bonds. The molecule has 1 saturated carbocycles. The van der Waals surface area contributed by atoms with Gasteiger partial charge >= 0.3 is 0 Å². The largest absolute Gasteiger partial charge is 0.327 e. The number of hydrogen-bond acceptors (Lipinski definition) is 1. The van der Waals surface area contributed by atoms with Crippen LogP contribution in [0.5, 0.6) is 0 Å². The first kappa shape index (κ1) is 14.8. The zero-order valence-electron chi connectivity index (χ0n) is 11.8. The molecule has 1 fully saturated rings. The first-order chi connectivity index (χ1) is 8.87. The predicted molar refractivity (Wildman–Crippen MR) is 78.8 cm³/mol. The fourth-order valence-corrected chi connectivity index (χ4v) is 3.20. The van der Waals surface area contributed by atoms with Gasteiger partial charge in [0.2, 0.25) is 0 Å². The second kappa shape index (κ2) is 5.80. The van der Waals surface area contributed by atoms with Crippen LogP contribution in [0.4, 0.5) is 4.39 Å². The number of rotatable bonds is 3. The first-order valence-electron chi connectivity index (χ1n) is 7.07. The van der Waals surface area contributed by atoms with E-state index in [0.29, 0.717) is 16.4 Å². The number of hydrogen-bond donors (Lipinski definition) is 1. The molecule has 1 aliphatic rings. The van der Waals surface area contributed by atoms with Crippen LogP contribution < -0.4 is 5.73 Å². The summed E-state index contributed by atoms with van der Waals surface area (Å²) in [6, 6.07) is 4.70. The van der Waals surface area contributed by atoms with Crippen LogP contribution in [0.1, 0.15) is 45.1 Å². The molecule has 1 aliphatic carbocycles. The molecule has 19 heavy (non-hydrogen) atoms. The standard InChI is InChI=1S/C16H23ClFN/c1-16(2)7-5-11(6-8-16)15(19)9-12-3-4-13(18)10-14(12)17/h3-4,10-11,15H,5-9,19H2,1-2H3. The molecule has 0 saturated heterocycles. The monoisotopic (exact) mass is 283 g/mol. The molecule has 0 aromatic heterocycles. The van der Waals surface area contributed by atoms with E-state index in [0.717, 1.165) is 12.0 Å². The topological polar surface area (TPSA) is 26.0 Å². The van der Waals surface area contributed by atoms with Gasteiger partial charge in [-0.1, -0.05) is 31.5 Å². The quantitative estimate of drug-likeness (QED) is 0.864. The van der Waals surface area contributed by atoms with Crippen molar-refractivity contribution in [3.8, 4) is 0 Å². The fraction of sp³-hybridized carbons (Fsp3) is 0.625. The molecule has 1 aromatic rings. The van der Waals surface area contributed by atoms with Crippen molar-refractivity contribution < 1.29 is 4.39 Å². The van der Waals surface area contributed by atoms with Crippen molar-refractivity contribution in [2.45, 2.75) is 52.0 Å². The lowest BCUT2D eigenvalue weighted by Crippen LogP contribution is -2.36. The van der Waals surface area contributed by atoms with Crippen LogP contribution in [0, 0.1) is 17.2 Å². The molecule has 1 atom stereocenters. The van der Waals surface area contributed by atoms with Crippen LogP contribution in [0.15, 0.2) is 18.2 Å². The average molecular weight is 284 g/mol. The highest BCUT2D eigenvalue weighted by atomic mass is 35.5. The van der Waals surface area contributed by atoms with Crippen molar-refractivity contribution in [3.05, 3.63) is 34.6 Å². The second-order valence-electron chi connectivity index (χ2n) is 6.61. The van der Waals surface area contributed by atoms with E-state index in [-0.39, 0.29) is 11.9 Å². The van der Waals surface area contributed by atoms with Crippen LogP contribution in [0.25, 0.3) is 0 Å². The highest BCUT2D eigenvalue weighted by Gasteiger charge is 2.30. The zero-order valence-corrected chi connectivity index (χ0v) is 12.5. The molecule has 1 unspecified atom stereocenters. The lowest BCUT2D eigenvalue weighted by atomic mass is 9.70. The summed E-state index contributed by atoms with van der Waals surface area (Å²) in [6.07, 6.45) is 5.59. The van der Waals surface area contributed by atoms with E-state index in [1.165, 1.54) is 37.8 Å². The second-order valence-corrected chi connectivity index (χ2v) is 7.01. The predicted octanol–water partition coefficient (Wildman–Crippen LogP) is 4.57. The molecule has 1 nitrogen and oxygen atoms in total. The Balaban J connectivity index is 1.96. The maximum Gasteiger partial charge on any atom is 0.124 e. The van der Waals surface area contributed by atoms with Gasteiger partial charge in [-0.3, -0.25) is 0 Å². The van der Waals surface area contributed by atoms with Crippen molar-refractivity contribution >= 4 is 11.6 Å². The summed E-state index contributed by atoms with van der Waals surface area (Å²) in [5, 5.41) is 0.492. The Labute approximate surface area is 120 Å². The van der Waals surface area contributed by atoms with Gasteiger partial charge in [0, 0.05) is 11.1 Å². The lowest BCUT2D eigenvalue weighted by Gasteiger charge is -2.37. The summed E-state index contributed by atoms with van der Waals surface area (Å²) in [5.41, 5.74) is 7.74. The van der Waals surface area contributed by atoms with Gasteiger partial charge in [0.1, 0.15) is 5.82 Å². The Kier molecular flexibility index (Phi) is 4.52. The molecule has 1 aromatic carbocycles. The fourth-order valence-electron chi connectivity index (χ4n) is 2.96. The summed E-state index contributed by atoms with van der Waals surface area (Å²) in [6.45, 7) is 4.65. The summed E-state index contributed by atoms with van der Waals surface area (Å²) >= 11 is 6.06. The van der Waals surface area contributed by atoms with Gasteiger partial charge in [-0.2, -0.15) is 0 Å². The van der Waals surface area contributed by atoms with Crippen LogP contribution >= 0.6 is 11.6 Å². The summed E-state index contributed by atoms with van der Waals surface area (Å²) in [5.74, 6) is 0.274. The van der Waals surface area contributed by atoms with Gasteiger partial charge in [-0.05, 0) is 61.1 Å². The summed E-state index contributed by atoms with van der Waals surface area (Å²) in [4.78, 5) is 0. The maximum absolute atomic E-state index is 13.0. The molecule has 2 rings (SSSR count). The van der Waals surface area contributed by atoms with Gasteiger partial charge in [0.05, 0.1) is 0 Å². The van der Waals surface area contributed by atoms with E-state index in [1.807, 2.05) is 0 Å². The molecule has 106 valence electrons. The van der Waals surface area contributed by atoms with E-state index in [9.17, 15) is 4.39 Å². The molecule has 0 radical (unpaired) electrons. The van der Waals surface area contributed by atoms with Crippen molar-refractivity contribution in [2.75, 3.05) is 0 Å². The SMILES string of the molecule is CC1(C)CCC(C(N)Cc2ccc(F)cc2Cl)CC1. The Hall–Kier alpha value is -0.600. The molecular weight excluding hydrogens is 261 g/mol. The third-order valence-corrected chi connectivity index (χ3v) is 4.81. The van der Waals surface area contributed by atoms with E-state index in [1.54, 1.807) is 6.07 Å². The maximum atomic E-state index is 13.0. The Bertz CT molecular complexity index is 434. The van der Waals surface area contributed by atoms with Gasteiger partial charge in [0.25, 0.3) is 0 Å². The normalized spacial score (nSPS) is 21.3. The average Bonchev–Trinajstić information content (AvgIpc) is 2.32. The summed E-state index contributed by atoms with van der Waals surface area (Å²) in [7, 11) is 0. The molecule has 0 spiro atoms. The molecule has 0 aliphatic heterocycles. The van der Waals surface area contributed by atoms with E-state index >= 15 is 0 Å². The lowest BCUT2D eigenvalue weighted by molar-refractivity contribution is 0.173. The highest BCUT2D eigenvalue weighted by Crippen LogP contribution is 2.39. The number of halogens is 2. The molecule has 0 heterocycles. The zero-order chi connectivity index (χ0) is 14.0. The van der Waals surface area contributed by atoms with Gasteiger partial charge in [0.15, 0.2) is 0 Å². The van der Waals surface area contributed by atoms with E-state index in [2.05, 4.69) is 13.8 Å². The van der Waals surface area contributed by atoms with E-state index < -0.39 is 0 Å². The van der Waals surface area contributed by atoms with Gasteiger partial charge < -0.3 is 5.73 Å². The van der Waals surface area contributed by atoms with Crippen molar-refractivity contribution in [1.82, 2.24) is 0 Å². The number of nitrogens with two attached hydrogens (primary N) is 1. The molecule has 3 heteroatoms. The van der Waals surface area contributed by atoms with Crippen LogP contribution in [0.2, 0.25) is 5.02 Å². The minimum atomic E-state index is -0.290. The minimum Gasteiger partial charge on any atom is -0.327 e. The third kappa shape index (κ3) is 3.93. The summed E-state index contributed by atoms with van der Waals surface area (Å²) < 4.78 is 13.0. The van der Waals surface area contributed by atoms with Crippen molar-refractivity contribution in [3.63, 3.8) is 0 Å². The first-order valence-corrected chi connectivity index (χ1v) is 7.45. The Morgan fingerprint density at radius 3 is 2.58 bits per heavy atom. The Morgan fingerprint density at radius 1 is 1.37 bits per heavy atom. The molecule has 0 bridgehead atoms. The van der Waals surface area contributed by atoms with Crippen molar-refractivity contribution in [2.24, 2.45) is 17.1 Å². The van der Waals surface area contributed by atoms with Gasteiger partial charge in [-0.15, -0.1) is 0 Å². The Morgan fingerprint density at radius 2 is 2.00 bits per heavy atom. The van der Waals surface area contributed by atoms with Crippen LogP contribution in [-0.2, 0) is 6.42 Å². The molecule has 2 N–H and O–H groups in total. The molecular formula is C16H23ClFN. The smallest absolute Gasteiger partial charge is 0.124 e. The minimum absolute atomic E-state index is 0.124.